The van der Waals surface area contributed by atoms with Crippen molar-refractivity contribution in [1.82, 2.24) is 4.98 Å². The molecule has 2 N–H and O–H groups in total. The molecule has 0 saturated heterocycles. The zero-order chi connectivity index (χ0) is 9.14. The van der Waals surface area contributed by atoms with Crippen LogP contribution in [0.2, 0.25) is 5.02 Å². The number of amides is 1. The summed E-state index contributed by atoms with van der Waals surface area (Å²) in [6.07, 6.45) is 2.19. The van der Waals surface area contributed by atoms with Gasteiger partial charge >= 0.3 is 0 Å². The lowest BCUT2D eigenvalue weighted by molar-refractivity contribution is 0.1000. The highest BCUT2D eigenvalue weighted by atomic mass is 35.5. The lowest BCUT2D eigenvalue weighted by Crippen LogP contribution is -2.11. The molecule has 0 spiro atoms. The van der Waals surface area contributed by atoms with Crippen LogP contribution in [0.3, 0.4) is 0 Å². The lowest BCUT2D eigenvalue weighted by Gasteiger charge is -2.00. The fraction of sp³-hybridized carbons (Fsp3) is 0.250. The minimum atomic E-state index is -0.507. The standard InChI is InChI=1S/C8H9ClN2O/c1-2-7-6(9)3-5(4-11-7)8(10)12/h3-4H,2H2,1H3,(H2,10,12). The van der Waals surface area contributed by atoms with Crippen molar-refractivity contribution in [2.75, 3.05) is 0 Å². The molecular weight excluding hydrogens is 176 g/mol. The number of aromatic nitrogens is 1. The second-order valence-electron chi connectivity index (χ2n) is 2.37. The van der Waals surface area contributed by atoms with Crippen LogP contribution in [0.15, 0.2) is 12.3 Å². The third-order valence-electron chi connectivity index (χ3n) is 1.54. The van der Waals surface area contributed by atoms with Crippen LogP contribution in [0.25, 0.3) is 0 Å². The molecule has 1 rings (SSSR count). The monoisotopic (exact) mass is 184 g/mol. The van der Waals surface area contributed by atoms with Gasteiger partial charge < -0.3 is 5.73 Å². The summed E-state index contributed by atoms with van der Waals surface area (Å²) in [6.45, 7) is 1.94. The van der Waals surface area contributed by atoms with E-state index >= 15 is 0 Å². The quantitative estimate of drug-likeness (QED) is 0.756. The van der Waals surface area contributed by atoms with E-state index in [9.17, 15) is 4.79 Å². The second-order valence-corrected chi connectivity index (χ2v) is 2.78. The van der Waals surface area contributed by atoms with Crippen LogP contribution < -0.4 is 5.73 Å². The molecule has 0 radical (unpaired) electrons. The van der Waals surface area contributed by atoms with Gasteiger partial charge in [-0.1, -0.05) is 18.5 Å². The molecule has 12 heavy (non-hydrogen) atoms. The number of aryl methyl sites for hydroxylation is 1. The van der Waals surface area contributed by atoms with E-state index in [4.69, 9.17) is 17.3 Å². The van der Waals surface area contributed by atoms with Crippen molar-refractivity contribution >= 4 is 17.5 Å². The summed E-state index contributed by atoms with van der Waals surface area (Å²) in [5, 5.41) is 0.494. The first-order valence-electron chi connectivity index (χ1n) is 3.59. The summed E-state index contributed by atoms with van der Waals surface area (Å²) in [7, 11) is 0. The van der Waals surface area contributed by atoms with E-state index < -0.39 is 5.91 Å². The van der Waals surface area contributed by atoms with E-state index in [0.717, 1.165) is 12.1 Å². The molecule has 0 unspecified atom stereocenters. The highest BCUT2D eigenvalue weighted by Gasteiger charge is 2.04. The molecule has 1 amide bonds. The van der Waals surface area contributed by atoms with E-state index in [-0.39, 0.29) is 0 Å². The maximum atomic E-state index is 10.7. The summed E-state index contributed by atoms with van der Waals surface area (Å²) in [5.74, 6) is -0.507. The Morgan fingerprint density at radius 1 is 1.75 bits per heavy atom. The molecule has 0 bridgehead atoms. The fourth-order valence-electron chi connectivity index (χ4n) is 0.861. The summed E-state index contributed by atoms with van der Waals surface area (Å²) >= 11 is 5.80. The van der Waals surface area contributed by atoms with E-state index in [2.05, 4.69) is 4.98 Å². The van der Waals surface area contributed by atoms with Gasteiger partial charge in [0.05, 0.1) is 16.3 Å². The van der Waals surface area contributed by atoms with Gasteiger partial charge in [-0.15, -0.1) is 0 Å². The Hall–Kier alpha value is -1.09. The molecule has 1 heterocycles. The number of hydrogen-bond acceptors (Lipinski definition) is 2. The number of nitrogens with zero attached hydrogens (tertiary/aromatic N) is 1. The molecule has 0 saturated carbocycles. The van der Waals surface area contributed by atoms with Crippen molar-refractivity contribution in [3.63, 3.8) is 0 Å². The molecule has 3 nitrogen and oxygen atoms in total. The minimum Gasteiger partial charge on any atom is -0.366 e. The van der Waals surface area contributed by atoms with E-state index in [1.165, 1.54) is 12.3 Å². The number of primary amides is 1. The topological polar surface area (TPSA) is 56.0 Å². The average molecular weight is 185 g/mol. The van der Waals surface area contributed by atoms with Crippen molar-refractivity contribution in [2.45, 2.75) is 13.3 Å². The number of pyridine rings is 1. The van der Waals surface area contributed by atoms with Crippen molar-refractivity contribution in [3.05, 3.63) is 28.5 Å². The van der Waals surface area contributed by atoms with Gasteiger partial charge in [0.25, 0.3) is 0 Å². The van der Waals surface area contributed by atoms with Crippen LogP contribution in [-0.2, 0) is 6.42 Å². The van der Waals surface area contributed by atoms with Gasteiger partial charge in [-0.25, -0.2) is 0 Å². The molecule has 64 valence electrons. The van der Waals surface area contributed by atoms with Gasteiger partial charge in [0.1, 0.15) is 0 Å². The van der Waals surface area contributed by atoms with Crippen LogP contribution in [0.5, 0.6) is 0 Å². The first-order chi connectivity index (χ1) is 5.65. The highest BCUT2D eigenvalue weighted by Crippen LogP contribution is 2.14. The number of nitrogens with two attached hydrogens (primary N) is 1. The molecule has 0 aromatic carbocycles. The van der Waals surface area contributed by atoms with E-state index in [1.807, 2.05) is 6.92 Å². The molecular formula is C8H9ClN2O. The average Bonchev–Trinajstić information content (AvgIpc) is 2.04. The van der Waals surface area contributed by atoms with Crippen LogP contribution in [0.4, 0.5) is 0 Å². The van der Waals surface area contributed by atoms with Crippen LogP contribution in [0.1, 0.15) is 23.0 Å². The molecule has 1 aromatic heterocycles. The highest BCUT2D eigenvalue weighted by molar-refractivity contribution is 6.31. The number of carbonyl (C=O) groups excluding carboxylic acids is 1. The zero-order valence-electron chi connectivity index (χ0n) is 6.67. The van der Waals surface area contributed by atoms with Crippen molar-refractivity contribution < 1.29 is 4.79 Å². The summed E-state index contributed by atoms with van der Waals surface area (Å²) < 4.78 is 0. The van der Waals surface area contributed by atoms with Gasteiger partial charge in [0.15, 0.2) is 0 Å². The van der Waals surface area contributed by atoms with Gasteiger partial charge in [-0.05, 0) is 12.5 Å². The third-order valence-corrected chi connectivity index (χ3v) is 1.86. The van der Waals surface area contributed by atoms with Crippen LogP contribution in [-0.4, -0.2) is 10.9 Å². The van der Waals surface area contributed by atoms with Gasteiger partial charge in [-0.3, -0.25) is 9.78 Å². The maximum Gasteiger partial charge on any atom is 0.250 e. The van der Waals surface area contributed by atoms with Gasteiger partial charge in [0, 0.05) is 6.20 Å². The molecule has 1 aromatic rings. The molecule has 0 atom stereocenters. The Bertz CT molecular complexity index is 312. The molecule has 0 fully saturated rings. The first-order valence-corrected chi connectivity index (χ1v) is 3.97. The van der Waals surface area contributed by atoms with Gasteiger partial charge in [-0.2, -0.15) is 0 Å². The Kier molecular flexibility index (Phi) is 2.65. The van der Waals surface area contributed by atoms with E-state index in [0.29, 0.717) is 10.6 Å². The van der Waals surface area contributed by atoms with E-state index in [1.54, 1.807) is 0 Å². The molecule has 4 heteroatoms. The number of carbonyl (C=O) groups is 1. The summed E-state index contributed by atoms with van der Waals surface area (Å²) in [4.78, 5) is 14.7. The lowest BCUT2D eigenvalue weighted by atomic mass is 10.2. The predicted octanol–water partition coefficient (Wildman–Crippen LogP) is 1.40. The Balaban J connectivity index is 3.10. The Labute approximate surface area is 75.6 Å². The maximum absolute atomic E-state index is 10.7. The second kappa shape index (κ2) is 3.54. The third kappa shape index (κ3) is 1.74. The minimum absolute atomic E-state index is 0.345. The molecule has 0 aliphatic carbocycles. The number of halogens is 1. The smallest absolute Gasteiger partial charge is 0.250 e. The normalized spacial score (nSPS) is 9.83. The summed E-state index contributed by atoms with van der Waals surface area (Å²) in [5.41, 5.74) is 6.16. The Morgan fingerprint density at radius 3 is 2.83 bits per heavy atom. The van der Waals surface area contributed by atoms with Crippen molar-refractivity contribution in [2.24, 2.45) is 5.73 Å². The summed E-state index contributed by atoms with van der Waals surface area (Å²) in [6, 6.07) is 1.54. The number of rotatable bonds is 2. The number of hydrogen-bond donors (Lipinski definition) is 1. The van der Waals surface area contributed by atoms with Crippen LogP contribution in [0, 0.1) is 0 Å². The zero-order valence-corrected chi connectivity index (χ0v) is 7.43. The van der Waals surface area contributed by atoms with Crippen LogP contribution >= 0.6 is 11.6 Å². The van der Waals surface area contributed by atoms with Crippen molar-refractivity contribution in [1.29, 1.82) is 0 Å². The van der Waals surface area contributed by atoms with Crippen molar-refractivity contribution in [3.8, 4) is 0 Å². The molecule has 0 aliphatic rings. The first kappa shape index (κ1) is 9.00. The van der Waals surface area contributed by atoms with Gasteiger partial charge in [0.2, 0.25) is 5.91 Å². The fourth-order valence-corrected chi connectivity index (χ4v) is 1.16. The predicted molar refractivity (Wildman–Crippen MR) is 47.1 cm³/mol. The Morgan fingerprint density at radius 2 is 2.42 bits per heavy atom. The molecule has 0 aliphatic heterocycles. The SMILES string of the molecule is CCc1ncc(C(N)=O)cc1Cl. The largest absolute Gasteiger partial charge is 0.366 e.